The van der Waals surface area contributed by atoms with Crippen LogP contribution in [0.15, 0.2) is 24.3 Å². The van der Waals surface area contributed by atoms with E-state index in [1.54, 1.807) is 0 Å². The lowest BCUT2D eigenvalue weighted by Crippen LogP contribution is -2.15. The van der Waals surface area contributed by atoms with E-state index in [4.69, 9.17) is 5.73 Å². The van der Waals surface area contributed by atoms with Crippen molar-refractivity contribution in [3.63, 3.8) is 0 Å². The molecule has 1 amide bonds. The van der Waals surface area contributed by atoms with E-state index in [1.165, 1.54) is 0 Å². The third kappa shape index (κ3) is 2.05. The number of hydrogen-bond donors (Lipinski definition) is 1. The fourth-order valence-electron chi connectivity index (χ4n) is 1.04. The Morgan fingerprint density at radius 1 is 1.60 bits per heavy atom. The first-order valence-corrected chi connectivity index (χ1v) is 3.40. The molecule has 0 saturated heterocycles. The number of allylic oxidation sites excluding steroid dienone is 4. The molecule has 0 bridgehead atoms. The first-order valence-electron chi connectivity index (χ1n) is 3.40. The van der Waals surface area contributed by atoms with Crippen LogP contribution in [0.5, 0.6) is 0 Å². The van der Waals surface area contributed by atoms with Gasteiger partial charge in [0.25, 0.3) is 0 Å². The predicted octanol–water partition coefficient (Wildman–Crippen LogP) is 0.994. The van der Waals surface area contributed by atoms with Crippen molar-refractivity contribution in [2.45, 2.75) is 12.8 Å². The summed E-state index contributed by atoms with van der Waals surface area (Å²) in [5, 5.41) is 0. The van der Waals surface area contributed by atoms with Gasteiger partial charge in [0.1, 0.15) is 0 Å². The summed E-state index contributed by atoms with van der Waals surface area (Å²) in [6.45, 7) is 0. The standard InChI is InChI=1S/C8H11NO/c9-8(10)6-7-4-2-1-3-5-7/h1-4,7H,5-6H2,(H2,9,10). The minimum atomic E-state index is -0.218. The summed E-state index contributed by atoms with van der Waals surface area (Å²) in [4.78, 5) is 10.4. The van der Waals surface area contributed by atoms with Gasteiger partial charge in [0.15, 0.2) is 0 Å². The van der Waals surface area contributed by atoms with Crippen LogP contribution >= 0.6 is 0 Å². The van der Waals surface area contributed by atoms with E-state index < -0.39 is 0 Å². The van der Waals surface area contributed by atoms with Crippen molar-refractivity contribution in [2.24, 2.45) is 11.7 Å². The second-order valence-electron chi connectivity index (χ2n) is 2.48. The molecule has 1 unspecified atom stereocenters. The third-order valence-corrected chi connectivity index (χ3v) is 1.53. The van der Waals surface area contributed by atoms with E-state index in [9.17, 15) is 4.79 Å². The zero-order valence-corrected chi connectivity index (χ0v) is 5.79. The van der Waals surface area contributed by atoms with Gasteiger partial charge in [-0.2, -0.15) is 0 Å². The van der Waals surface area contributed by atoms with Crippen LogP contribution in [0.4, 0.5) is 0 Å². The summed E-state index contributed by atoms with van der Waals surface area (Å²) in [7, 11) is 0. The molecular weight excluding hydrogens is 126 g/mol. The minimum Gasteiger partial charge on any atom is -0.370 e. The van der Waals surface area contributed by atoms with Crippen LogP contribution in [-0.4, -0.2) is 5.91 Å². The summed E-state index contributed by atoms with van der Waals surface area (Å²) in [6.07, 6.45) is 9.42. The molecular formula is C8H11NO. The molecule has 0 aromatic heterocycles. The number of carbonyl (C=O) groups is 1. The fraction of sp³-hybridized carbons (Fsp3) is 0.375. The monoisotopic (exact) mass is 137 g/mol. The quantitative estimate of drug-likeness (QED) is 0.606. The van der Waals surface area contributed by atoms with Crippen molar-refractivity contribution < 1.29 is 4.79 Å². The molecule has 1 atom stereocenters. The van der Waals surface area contributed by atoms with Gasteiger partial charge >= 0.3 is 0 Å². The van der Waals surface area contributed by atoms with Crippen molar-refractivity contribution in [1.29, 1.82) is 0 Å². The maximum Gasteiger partial charge on any atom is 0.218 e. The Morgan fingerprint density at radius 2 is 2.40 bits per heavy atom. The van der Waals surface area contributed by atoms with Crippen molar-refractivity contribution in [1.82, 2.24) is 0 Å². The number of amides is 1. The molecule has 0 aromatic rings. The average molecular weight is 137 g/mol. The van der Waals surface area contributed by atoms with E-state index in [-0.39, 0.29) is 5.91 Å². The lowest BCUT2D eigenvalue weighted by atomic mass is 9.97. The van der Waals surface area contributed by atoms with Crippen LogP contribution in [0.2, 0.25) is 0 Å². The Bertz CT molecular complexity index is 182. The Hall–Kier alpha value is -1.05. The van der Waals surface area contributed by atoms with Gasteiger partial charge in [0, 0.05) is 6.42 Å². The van der Waals surface area contributed by atoms with Crippen LogP contribution in [0.25, 0.3) is 0 Å². The van der Waals surface area contributed by atoms with E-state index in [0.29, 0.717) is 12.3 Å². The topological polar surface area (TPSA) is 43.1 Å². The molecule has 1 rings (SSSR count). The summed E-state index contributed by atoms with van der Waals surface area (Å²) < 4.78 is 0. The first-order chi connectivity index (χ1) is 4.79. The molecule has 0 aromatic carbocycles. The third-order valence-electron chi connectivity index (χ3n) is 1.53. The van der Waals surface area contributed by atoms with Crippen LogP contribution in [0, 0.1) is 5.92 Å². The van der Waals surface area contributed by atoms with Gasteiger partial charge < -0.3 is 5.73 Å². The highest BCUT2D eigenvalue weighted by Crippen LogP contribution is 2.14. The molecule has 2 N–H and O–H groups in total. The van der Waals surface area contributed by atoms with Gasteiger partial charge in [-0.1, -0.05) is 24.3 Å². The van der Waals surface area contributed by atoms with Crippen LogP contribution in [0.3, 0.4) is 0 Å². The summed E-state index contributed by atoms with van der Waals surface area (Å²) >= 11 is 0. The number of hydrogen-bond acceptors (Lipinski definition) is 1. The second kappa shape index (κ2) is 3.20. The second-order valence-corrected chi connectivity index (χ2v) is 2.48. The molecule has 2 heteroatoms. The maximum absolute atomic E-state index is 10.4. The molecule has 0 saturated carbocycles. The largest absolute Gasteiger partial charge is 0.370 e. The minimum absolute atomic E-state index is 0.218. The summed E-state index contributed by atoms with van der Waals surface area (Å²) in [6, 6.07) is 0. The maximum atomic E-state index is 10.4. The van der Waals surface area contributed by atoms with Gasteiger partial charge in [0.2, 0.25) is 5.91 Å². The first kappa shape index (κ1) is 7.06. The molecule has 1 aliphatic rings. The van der Waals surface area contributed by atoms with Crippen LogP contribution in [0.1, 0.15) is 12.8 Å². The molecule has 0 spiro atoms. The normalized spacial score (nSPS) is 23.0. The van der Waals surface area contributed by atoms with Gasteiger partial charge in [-0.25, -0.2) is 0 Å². The fourth-order valence-corrected chi connectivity index (χ4v) is 1.04. The van der Waals surface area contributed by atoms with E-state index in [2.05, 4.69) is 0 Å². The molecule has 0 radical (unpaired) electrons. The number of nitrogens with two attached hydrogens (primary N) is 1. The van der Waals surface area contributed by atoms with Crippen LogP contribution < -0.4 is 5.73 Å². The van der Waals surface area contributed by atoms with Crippen molar-refractivity contribution >= 4 is 5.91 Å². The zero-order chi connectivity index (χ0) is 7.40. The van der Waals surface area contributed by atoms with Gasteiger partial charge in [-0.3, -0.25) is 4.79 Å². The van der Waals surface area contributed by atoms with Gasteiger partial charge in [0.05, 0.1) is 0 Å². The van der Waals surface area contributed by atoms with E-state index in [0.717, 1.165) is 6.42 Å². The zero-order valence-electron chi connectivity index (χ0n) is 5.79. The molecule has 0 aliphatic heterocycles. The number of carbonyl (C=O) groups excluding carboxylic acids is 1. The summed E-state index contributed by atoms with van der Waals surface area (Å²) in [5.74, 6) is 0.118. The van der Waals surface area contributed by atoms with Gasteiger partial charge in [-0.15, -0.1) is 0 Å². The van der Waals surface area contributed by atoms with Crippen molar-refractivity contribution in [3.05, 3.63) is 24.3 Å². The Balaban J connectivity index is 2.37. The highest BCUT2D eigenvalue weighted by Gasteiger charge is 2.07. The molecule has 54 valence electrons. The van der Waals surface area contributed by atoms with Crippen molar-refractivity contribution in [2.75, 3.05) is 0 Å². The van der Waals surface area contributed by atoms with E-state index in [1.807, 2.05) is 24.3 Å². The Kier molecular flexibility index (Phi) is 2.26. The summed E-state index contributed by atoms with van der Waals surface area (Å²) in [5.41, 5.74) is 5.03. The predicted molar refractivity (Wildman–Crippen MR) is 40.2 cm³/mol. The Labute approximate surface area is 60.4 Å². The molecule has 1 aliphatic carbocycles. The number of primary amides is 1. The molecule has 10 heavy (non-hydrogen) atoms. The molecule has 0 heterocycles. The SMILES string of the molecule is NC(=O)CC1C=CC=CC1. The Morgan fingerprint density at radius 3 is 2.90 bits per heavy atom. The smallest absolute Gasteiger partial charge is 0.218 e. The number of rotatable bonds is 2. The molecule has 0 fully saturated rings. The molecule has 2 nitrogen and oxygen atoms in total. The lowest BCUT2D eigenvalue weighted by molar-refractivity contribution is -0.118. The highest BCUT2D eigenvalue weighted by atomic mass is 16.1. The highest BCUT2D eigenvalue weighted by molar-refractivity contribution is 5.74. The average Bonchev–Trinajstić information content (AvgIpc) is 1.88. The van der Waals surface area contributed by atoms with Crippen molar-refractivity contribution in [3.8, 4) is 0 Å². The van der Waals surface area contributed by atoms with E-state index >= 15 is 0 Å². The van der Waals surface area contributed by atoms with Crippen LogP contribution in [-0.2, 0) is 4.79 Å². The van der Waals surface area contributed by atoms with Gasteiger partial charge in [-0.05, 0) is 12.3 Å². The lowest BCUT2D eigenvalue weighted by Gasteiger charge is -2.08.